The van der Waals surface area contributed by atoms with E-state index in [1.807, 2.05) is 7.05 Å². The molecule has 0 saturated carbocycles. The lowest BCUT2D eigenvalue weighted by atomic mass is 10.1. The topological polar surface area (TPSA) is 42.9 Å². The predicted molar refractivity (Wildman–Crippen MR) is 106 cm³/mol. The van der Waals surface area contributed by atoms with Crippen LogP contribution in [0.5, 0.6) is 0 Å². The summed E-state index contributed by atoms with van der Waals surface area (Å²) < 4.78 is 0. The molecular weight excluding hydrogens is 298 g/mol. The Bertz CT molecular complexity index is 335. The molecule has 1 atom stereocenters. The molecule has 1 aliphatic rings. The zero-order valence-corrected chi connectivity index (χ0v) is 16.8. The molecule has 0 bridgehead atoms. The molecule has 142 valence electrons. The second-order valence-corrected chi connectivity index (χ2v) is 7.61. The van der Waals surface area contributed by atoms with E-state index in [0.29, 0.717) is 5.92 Å². The van der Waals surface area contributed by atoms with Crippen LogP contribution < -0.4 is 10.6 Å². The van der Waals surface area contributed by atoms with Gasteiger partial charge in [-0.2, -0.15) is 0 Å². The molecule has 2 N–H and O–H groups in total. The molecule has 0 amide bonds. The van der Waals surface area contributed by atoms with Gasteiger partial charge in [0.25, 0.3) is 0 Å². The normalized spacial score (nSPS) is 18.8. The molecule has 0 aromatic rings. The Morgan fingerprint density at radius 3 is 2.25 bits per heavy atom. The van der Waals surface area contributed by atoms with Crippen LogP contribution in [0, 0.1) is 11.8 Å². The number of likely N-dealkylation sites (N-methyl/N-ethyl adjacent to an activating group) is 1. The molecule has 0 aromatic carbocycles. The van der Waals surface area contributed by atoms with Crippen molar-refractivity contribution in [2.24, 2.45) is 16.8 Å². The van der Waals surface area contributed by atoms with E-state index in [1.165, 1.54) is 58.5 Å². The van der Waals surface area contributed by atoms with Crippen LogP contribution >= 0.6 is 0 Å². The Labute approximate surface area is 150 Å². The summed E-state index contributed by atoms with van der Waals surface area (Å²) in [4.78, 5) is 9.46. The SMILES string of the molecule is CCN1CCN(CC(C)CNC(=NC)NCCCCC(C)C)CC1. The van der Waals surface area contributed by atoms with Gasteiger partial charge < -0.3 is 20.4 Å². The van der Waals surface area contributed by atoms with Crippen LogP contribution in [0.2, 0.25) is 0 Å². The Balaban J connectivity index is 2.12. The predicted octanol–water partition coefficient (Wildman–Crippen LogP) is 2.25. The Morgan fingerprint density at radius 2 is 1.67 bits per heavy atom. The molecular formula is C19H41N5. The molecule has 1 rings (SSSR count). The number of aliphatic imine (C=N–C) groups is 1. The van der Waals surface area contributed by atoms with E-state index in [2.05, 4.69) is 53.1 Å². The first-order valence-corrected chi connectivity index (χ1v) is 9.94. The summed E-state index contributed by atoms with van der Waals surface area (Å²) in [5.74, 6) is 2.39. The minimum Gasteiger partial charge on any atom is -0.356 e. The van der Waals surface area contributed by atoms with E-state index in [1.54, 1.807) is 0 Å². The first-order chi connectivity index (χ1) is 11.5. The molecule has 1 aliphatic heterocycles. The van der Waals surface area contributed by atoms with Gasteiger partial charge in [-0.15, -0.1) is 0 Å². The number of unbranched alkanes of at least 4 members (excludes halogenated alkanes) is 1. The minimum atomic E-state index is 0.637. The van der Waals surface area contributed by atoms with E-state index >= 15 is 0 Å². The van der Waals surface area contributed by atoms with Crippen molar-refractivity contribution in [1.82, 2.24) is 20.4 Å². The molecule has 0 aliphatic carbocycles. The third-order valence-electron chi connectivity index (χ3n) is 4.82. The van der Waals surface area contributed by atoms with Gasteiger partial charge in [-0.05, 0) is 24.8 Å². The highest BCUT2D eigenvalue weighted by atomic mass is 15.3. The average molecular weight is 340 g/mol. The van der Waals surface area contributed by atoms with E-state index in [4.69, 9.17) is 0 Å². The second kappa shape index (κ2) is 12.5. The van der Waals surface area contributed by atoms with E-state index in [9.17, 15) is 0 Å². The quantitative estimate of drug-likeness (QED) is 0.364. The largest absolute Gasteiger partial charge is 0.356 e. The van der Waals surface area contributed by atoms with Crippen molar-refractivity contribution in [3.63, 3.8) is 0 Å². The van der Waals surface area contributed by atoms with Crippen LogP contribution in [-0.4, -0.2) is 75.2 Å². The highest BCUT2D eigenvalue weighted by Crippen LogP contribution is 2.06. The maximum atomic E-state index is 4.33. The van der Waals surface area contributed by atoms with Crippen LogP contribution in [-0.2, 0) is 0 Å². The fraction of sp³-hybridized carbons (Fsp3) is 0.947. The number of nitrogens with one attached hydrogen (secondary N) is 2. The van der Waals surface area contributed by atoms with Crippen molar-refractivity contribution in [3.8, 4) is 0 Å². The number of hydrogen-bond acceptors (Lipinski definition) is 3. The van der Waals surface area contributed by atoms with Crippen molar-refractivity contribution in [1.29, 1.82) is 0 Å². The van der Waals surface area contributed by atoms with Crippen LogP contribution in [0.4, 0.5) is 0 Å². The first-order valence-electron chi connectivity index (χ1n) is 9.94. The van der Waals surface area contributed by atoms with E-state index < -0.39 is 0 Å². The number of nitrogens with zero attached hydrogens (tertiary/aromatic N) is 3. The Kier molecular flexibility index (Phi) is 11.1. The first kappa shape index (κ1) is 21.2. The standard InChI is InChI=1S/C19H41N5/c1-6-23-11-13-24(14-12-23)16-18(4)15-22-19(20-5)21-10-8-7-9-17(2)3/h17-18H,6-16H2,1-5H3,(H2,20,21,22). The summed E-state index contributed by atoms with van der Waals surface area (Å²) in [5.41, 5.74) is 0. The number of guanidine groups is 1. The van der Waals surface area contributed by atoms with Crippen LogP contribution in [0.3, 0.4) is 0 Å². The Hall–Kier alpha value is -0.810. The fourth-order valence-corrected chi connectivity index (χ4v) is 3.17. The molecule has 5 heteroatoms. The summed E-state index contributed by atoms with van der Waals surface area (Å²) in [6, 6.07) is 0. The van der Waals surface area contributed by atoms with Gasteiger partial charge >= 0.3 is 0 Å². The van der Waals surface area contributed by atoms with Crippen molar-refractivity contribution in [2.75, 3.05) is 59.4 Å². The van der Waals surface area contributed by atoms with E-state index in [0.717, 1.165) is 25.0 Å². The third kappa shape index (κ3) is 9.48. The fourth-order valence-electron chi connectivity index (χ4n) is 3.17. The van der Waals surface area contributed by atoms with Crippen LogP contribution in [0.25, 0.3) is 0 Å². The minimum absolute atomic E-state index is 0.637. The summed E-state index contributed by atoms with van der Waals surface area (Å²) in [6.45, 7) is 18.4. The van der Waals surface area contributed by atoms with Gasteiger partial charge in [0.15, 0.2) is 5.96 Å². The van der Waals surface area contributed by atoms with Crippen molar-refractivity contribution < 1.29 is 0 Å². The van der Waals surface area contributed by atoms with E-state index in [-0.39, 0.29) is 0 Å². The smallest absolute Gasteiger partial charge is 0.190 e. The zero-order valence-electron chi connectivity index (χ0n) is 16.8. The Morgan fingerprint density at radius 1 is 1.00 bits per heavy atom. The molecule has 1 fully saturated rings. The maximum absolute atomic E-state index is 4.33. The molecule has 1 heterocycles. The molecule has 0 spiro atoms. The van der Waals surface area contributed by atoms with Crippen LogP contribution in [0.1, 0.15) is 47.0 Å². The van der Waals surface area contributed by atoms with Gasteiger partial charge in [0.05, 0.1) is 0 Å². The van der Waals surface area contributed by atoms with Gasteiger partial charge in [-0.1, -0.05) is 40.5 Å². The lowest BCUT2D eigenvalue weighted by Gasteiger charge is -2.35. The van der Waals surface area contributed by atoms with Crippen molar-refractivity contribution in [2.45, 2.75) is 47.0 Å². The summed E-state index contributed by atoms with van der Waals surface area (Å²) in [5, 5.41) is 6.91. The van der Waals surface area contributed by atoms with Gasteiger partial charge in [0.1, 0.15) is 0 Å². The number of hydrogen-bond donors (Lipinski definition) is 2. The summed E-state index contributed by atoms with van der Waals surface area (Å²) >= 11 is 0. The van der Waals surface area contributed by atoms with Crippen molar-refractivity contribution >= 4 is 5.96 Å². The molecule has 0 radical (unpaired) electrons. The number of rotatable bonds is 10. The molecule has 0 aromatic heterocycles. The zero-order chi connectivity index (χ0) is 17.8. The summed E-state index contributed by atoms with van der Waals surface area (Å²) in [7, 11) is 1.86. The van der Waals surface area contributed by atoms with Gasteiger partial charge in [-0.25, -0.2) is 0 Å². The second-order valence-electron chi connectivity index (χ2n) is 7.61. The van der Waals surface area contributed by atoms with Gasteiger partial charge in [0.2, 0.25) is 0 Å². The number of piperazine rings is 1. The van der Waals surface area contributed by atoms with Gasteiger partial charge in [-0.3, -0.25) is 4.99 Å². The van der Waals surface area contributed by atoms with Crippen LogP contribution in [0.15, 0.2) is 4.99 Å². The van der Waals surface area contributed by atoms with Gasteiger partial charge in [0, 0.05) is 52.9 Å². The average Bonchev–Trinajstić information content (AvgIpc) is 2.57. The lowest BCUT2D eigenvalue weighted by molar-refractivity contribution is 0.124. The summed E-state index contributed by atoms with van der Waals surface area (Å²) in [6.07, 6.45) is 3.83. The molecule has 1 unspecified atom stereocenters. The monoisotopic (exact) mass is 339 g/mol. The third-order valence-corrected chi connectivity index (χ3v) is 4.82. The molecule has 24 heavy (non-hydrogen) atoms. The maximum Gasteiger partial charge on any atom is 0.190 e. The highest BCUT2D eigenvalue weighted by molar-refractivity contribution is 5.79. The molecule has 1 saturated heterocycles. The lowest BCUT2D eigenvalue weighted by Crippen LogP contribution is -2.48. The molecule has 5 nitrogen and oxygen atoms in total. The highest BCUT2D eigenvalue weighted by Gasteiger charge is 2.17. The van der Waals surface area contributed by atoms with Crippen molar-refractivity contribution in [3.05, 3.63) is 0 Å².